The Balaban J connectivity index is 1.47. The van der Waals surface area contributed by atoms with Crippen LogP contribution in [0.25, 0.3) is 33.2 Å². The van der Waals surface area contributed by atoms with E-state index in [-0.39, 0.29) is 5.75 Å². The van der Waals surface area contributed by atoms with E-state index in [0.29, 0.717) is 11.6 Å². The number of rotatable bonds is 3. The second-order valence-electron chi connectivity index (χ2n) is 8.28. The highest BCUT2D eigenvalue weighted by Crippen LogP contribution is 2.33. The van der Waals surface area contributed by atoms with E-state index < -0.39 is 0 Å². The number of piperidine rings is 1. The van der Waals surface area contributed by atoms with E-state index in [1.165, 1.54) is 0 Å². The van der Waals surface area contributed by atoms with Crippen molar-refractivity contribution in [1.29, 1.82) is 0 Å². The molecule has 4 aromatic rings. The van der Waals surface area contributed by atoms with Gasteiger partial charge in [-0.15, -0.1) is 0 Å². The van der Waals surface area contributed by atoms with Gasteiger partial charge in [0, 0.05) is 43.4 Å². The molecule has 1 aromatic carbocycles. The first kappa shape index (κ1) is 18.8. The summed E-state index contributed by atoms with van der Waals surface area (Å²) in [4.78, 5) is 14.3. The van der Waals surface area contributed by atoms with Crippen molar-refractivity contribution in [2.45, 2.75) is 18.9 Å². The maximum absolute atomic E-state index is 10.5. The molecular weight excluding hydrogens is 376 g/mol. The van der Waals surface area contributed by atoms with Gasteiger partial charge in [0.25, 0.3) is 0 Å². The molecule has 7 heteroatoms. The summed E-state index contributed by atoms with van der Waals surface area (Å²) in [6.45, 7) is 2.25. The van der Waals surface area contributed by atoms with Gasteiger partial charge in [-0.25, -0.2) is 9.97 Å². The van der Waals surface area contributed by atoms with Gasteiger partial charge in [0.2, 0.25) is 0 Å². The summed E-state index contributed by atoms with van der Waals surface area (Å²) in [5.41, 5.74) is 3.87. The maximum atomic E-state index is 10.5. The van der Waals surface area contributed by atoms with Crippen LogP contribution in [0.1, 0.15) is 12.8 Å². The summed E-state index contributed by atoms with van der Waals surface area (Å²) >= 11 is 0. The van der Waals surface area contributed by atoms with Crippen LogP contribution >= 0.6 is 0 Å². The molecule has 1 aliphatic rings. The first-order chi connectivity index (χ1) is 14.5. The standard InChI is InChI=1S/C23H26N6O/c1-27-10-8-16(9-11-27)29(3)23-7-6-19-20(25-23)5-4-18(24-19)17-12-15-14-28(2)26-21(15)13-22(17)30/h4-7,12-14,16,30H,8-11H2,1-3H3. The van der Waals surface area contributed by atoms with Crippen molar-refractivity contribution in [2.75, 3.05) is 32.1 Å². The third-order valence-electron chi connectivity index (χ3n) is 6.14. The maximum Gasteiger partial charge on any atom is 0.129 e. The zero-order chi connectivity index (χ0) is 20.8. The predicted molar refractivity (Wildman–Crippen MR) is 120 cm³/mol. The van der Waals surface area contributed by atoms with Crippen LogP contribution in [-0.4, -0.2) is 63.0 Å². The van der Waals surface area contributed by atoms with Crippen LogP contribution in [0.2, 0.25) is 0 Å². The molecule has 0 aliphatic carbocycles. The van der Waals surface area contributed by atoms with Crippen LogP contribution in [0.5, 0.6) is 5.75 Å². The lowest BCUT2D eigenvalue weighted by Crippen LogP contribution is -2.42. The fourth-order valence-electron chi connectivity index (χ4n) is 4.30. The molecule has 0 saturated carbocycles. The lowest BCUT2D eigenvalue weighted by Gasteiger charge is -2.35. The number of hydrogen-bond donors (Lipinski definition) is 1. The average Bonchev–Trinajstić information content (AvgIpc) is 3.11. The molecule has 1 N–H and O–H groups in total. The molecular formula is C23H26N6O. The fourth-order valence-corrected chi connectivity index (χ4v) is 4.30. The Morgan fingerprint density at radius 2 is 1.70 bits per heavy atom. The number of aromatic nitrogens is 4. The second kappa shape index (κ2) is 7.25. The molecule has 0 unspecified atom stereocenters. The molecule has 0 amide bonds. The Labute approximate surface area is 175 Å². The van der Waals surface area contributed by atoms with Gasteiger partial charge in [-0.05, 0) is 63.3 Å². The predicted octanol–water partition coefficient (Wildman–Crippen LogP) is 3.42. The molecule has 5 rings (SSSR count). The number of aromatic hydroxyl groups is 1. The Hall–Kier alpha value is -3.19. The normalized spacial score (nSPS) is 15.8. The number of nitrogens with zero attached hydrogens (tertiary/aromatic N) is 6. The molecule has 1 saturated heterocycles. The van der Waals surface area contributed by atoms with Crippen molar-refractivity contribution < 1.29 is 5.11 Å². The first-order valence-corrected chi connectivity index (χ1v) is 10.3. The summed E-state index contributed by atoms with van der Waals surface area (Å²) in [6.07, 6.45) is 4.24. The number of anilines is 1. The minimum Gasteiger partial charge on any atom is -0.507 e. The third-order valence-corrected chi connectivity index (χ3v) is 6.14. The number of phenolic OH excluding ortho intramolecular Hbond substituents is 1. The number of hydrogen-bond acceptors (Lipinski definition) is 6. The summed E-state index contributed by atoms with van der Waals surface area (Å²) < 4.78 is 1.74. The molecule has 1 fully saturated rings. The number of likely N-dealkylation sites (tertiary alicyclic amines) is 1. The molecule has 4 heterocycles. The van der Waals surface area contributed by atoms with E-state index >= 15 is 0 Å². The van der Waals surface area contributed by atoms with E-state index in [2.05, 4.69) is 29.0 Å². The van der Waals surface area contributed by atoms with Crippen LogP contribution in [0.4, 0.5) is 5.82 Å². The summed E-state index contributed by atoms with van der Waals surface area (Å²) in [5, 5.41) is 15.8. The molecule has 30 heavy (non-hydrogen) atoms. The smallest absolute Gasteiger partial charge is 0.129 e. The van der Waals surface area contributed by atoms with Crippen molar-refractivity contribution >= 4 is 27.8 Å². The summed E-state index contributed by atoms with van der Waals surface area (Å²) in [7, 11) is 6.18. The molecule has 0 spiro atoms. The number of aryl methyl sites for hydroxylation is 1. The Morgan fingerprint density at radius 3 is 2.50 bits per heavy atom. The van der Waals surface area contributed by atoms with Crippen molar-refractivity contribution in [3.05, 3.63) is 42.6 Å². The molecule has 7 nitrogen and oxygen atoms in total. The Bertz CT molecular complexity index is 1230. The Morgan fingerprint density at radius 1 is 0.967 bits per heavy atom. The lowest BCUT2D eigenvalue weighted by molar-refractivity contribution is 0.252. The topological polar surface area (TPSA) is 70.3 Å². The van der Waals surface area contributed by atoms with E-state index in [1.807, 2.05) is 43.6 Å². The van der Waals surface area contributed by atoms with E-state index in [4.69, 9.17) is 9.97 Å². The highest BCUT2D eigenvalue weighted by Gasteiger charge is 2.21. The van der Waals surface area contributed by atoms with Crippen molar-refractivity contribution in [2.24, 2.45) is 7.05 Å². The average molecular weight is 403 g/mol. The minimum atomic E-state index is 0.180. The lowest BCUT2D eigenvalue weighted by atomic mass is 10.0. The van der Waals surface area contributed by atoms with Crippen LogP contribution in [0.3, 0.4) is 0 Å². The monoisotopic (exact) mass is 402 g/mol. The van der Waals surface area contributed by atoms with Crippen LogP contribution in [0.15, 0.2) is 42.6 Å². The minimum absolute atomic E-state index is 0.180. The second-order valence-corrected chi connectivity index (χ2v) is 8.28. The number of fused-ring (bicyclic) bond motifs is 2. The van der Waals surface area contributed by atoms with Gasteiger partial charge < -0.3 is 14.9 Å². The van der Waals surface area contributed by atoms with Gasteiger partial charge >= 0.3 is 0 Å². The number of benzene rings is 1. The molecule has 154 valence electrons. The van der Waals surface area contributed by atoms with Crippen LogP contribution < -0.4 is 4.90 Å². The quantitative estimate of drug-likeness (QED) is 0.566. The largest absolute Gasteiger partial charge is 0.507 e. The van der Waals surface area contributed by atoms with E-state index in [9.17, 15) is 5.11 Å². The van der Waals surface area contributed by atoms with Gasteiger partial charge in [-0.3, -0.25) is 4.68 Å². The van der Waals surface area contributed by atoms with Gasteiger partial charge in [-0.1, -0.05) is 0 Å². The van der Waals surface area contributed by atoms with Crippen LogP contribution in [0, 0.1) is 0 Å². The summed E-state index contributed by atoms with van der Waals surface area (Å²) in [6, 6.07) is 12.1. The Kier molecular flexibility index (Phi) is 4.55. The number of pyridine rings is 2. The SMILES string of the molecule is CN1CCC(N(C)c2ccc3nc(-c4cc5cn(C)nc5cc4O)ccc3n2)CC1. The molecule has 0 bridgehead atoms. The summed E-state index contributed by atoms with van der Waals surface area (Å²) in [5.74, 6) is 1.16. The zero-order valence-electron chi connectivity index (χ0n) is 17.6. The van der Waals surface area contributed by atoms with Crippen molar-refractivity contribution in [3.63, 3.8) is 0 Å². The van der Waals surface area contributed by atoms with E-state index in [0.717, 1.165) is 59.4 Å². The molecule has 0 radical (unpaired) electrons. The van der Waals surface area contributed by atoms with Gasteiger partial charge in [0.05, 0.1) is 22.2 Å². The van der Waals surface area contributed by atoms with Crippen molar-refractivity contribution in [3.8, 4) is 17.0 Å². The van der Waals surface area contributed by atoms with Crippen molar-refractivity contribution in [1.82, 2.24) is 24.6 Å². The molecule has 3 aromatic heterocycles. The van der Waals surface area contributed by atoms with E-state index in [1.54, 1.807) is 10.7 Å². The molecule has 1 aliphatic heterocycles. The zero-order valence-corrected chi connectivity index (χ0v) is 17.6. The van der Waals surface area contributed by atoms with Gasteiger partial charge in [0.1, 0.15) is 11.6 Å². The molecule has 0 atom stereocenters. The first-order valence-electron chi connectivity index (χ1n) is 10.3. The fraction of sp³-hybridized carbons (Fsp3) is 0.348. The van der Waals surface area contributed by atoms with Gasteiger partial charge in [-0.2, -0.15) is 5.10 Å². The van der Waals surface area contributed by atoms with Crippen LogP contribution in [-0.2, 0) is 7.05 Å². The third kappa shape index (κ3) is 3.35. The highest BCUT2D eigenvalue weighted by atomic mass is 16.3. The van der Waals surface area contributed by atoms with Gasteiger partial charge in [0.15, 0.2) is 0 Å². The number of phenols is 1. The highest BCUT2D eigenvalue weighted by molar-refractivity contribution is 5.88.